The SMILES string of the molecule is CC(C)(C)NCCc1ccc([N+](=O)[O-])cc1Br. The first kappa shape index (κ1) is 14.1. The van der Waals surface area contributed by atoms with Crippen molar-refractivity contribution in [2.75, 3.05) is 6.54 Å². The van der Waals surface area contributed by atoms with Gasteiger partial charge < -0.3 is 5.32 Å². The number of hydrogen-bond acceptors (Lipinski definition) is 3. The molecule has 1 N–H and O–H groups in total. The molecule has 1 aromatic carbocycles. The van der Waals surface area contributed by atoms with Crippen LogP contribution in [0.2, 0.25) is 0 Å². The molecule has 0 amide bonds. The molecule has 0 bridgehead atoms. The molecule has 0 aliphatic rings. The van der Waals surface area contributed by atoms with E-state index in [1.165, 1.54) is 6.07 Å². The van der Waals surface area contributed by atoms with Crippen molar-refractivity contribution in [1.82, 2.24) is 5.32 Å². The molecule has 0 saturated heterocycles. The lowest BCUT2D eigenvalue weighted by molar-refractivity contribution is -0.384. The number of nitro benzene ring substituents is 1. The highest BCUT2D eigenvalue weighted by Crippen LogP contribution is 2.23. The van der Waals surface area contributed by atoms with Gasteiger partial charge in [-0.05, 0) is 39.3 Å². The first-order valence-electron chi connectivity index (χ1n) is 5.47. The lowest BCUT2D eigenvalue weighted by Crippen LogP contribution is -2.37. The minimum atomic E-state index is -0.387. The maximum Gasteiger partial charge on any atom is 0.270 e. The predicted molar refractivity (Wildman–Crippen MR) is 72.3 cm³/mol. The topological polar surface area (TPSA) is 55.2 Å². The van der Waals surface area contributed by atoms with Gasteiger partial charge in [-0.1, -0.05) is 22.0 Å². The Hall–Kier alpha value is -0.940. The number of halogens is 1. The molecule has 17 heavy (non-hydrogen) atoms. The molecule has 4 nitrogen and oxygen atoms in total. The van der Waals surface area contributed by atoms with Gasteiger partial charge in [0.1, 0.15) is 0 Å². The molecule has 0 aliphatic carbocycles. The van der Waals surface area contributed by atoms with Crippen LogP contribution < -0.4 is 5.32 Å². The van der Waals surface area contributed by atoms with Gasteiger partial charge in [-0.2, -0.15) is 0 Å². The fraction of sp³-hybridized carbons (Fsp3) is 0.500. The van der Waals surface area contributed by atoms with Crippen LogP contribution in [0.1, 0.15) is 26.3 Å². The van der Waals surface area contributed by atoms with Crippen molar-refractivity contribution in [2.24, 2.45) is 0 Å². The second-order valence-corrected chi connectivity index (χ2v) is 5.81. The summed E-state index contributed by atoms with van der Waals surface area (Å²) in [4.78, 5) is 10.2. The molecule has 0 atom stereocenters. The standard InChI is InChI=1S/C12H17BrN2O2/c1-12(2,3)14-7-6-9-4-5-10(15(16)17)8-11(9)13/h4-5,8,14H,6-7H2,1-3H3. The van der Waals surface area contributed by atoms with Crippen molar-refractivity contribution in [3.63, 3.8) is 0 Å². The Labute approximate surface area is 110 Å². The third kappa shape index (κ3) is 4.83. The summed E-state index contributed by atoms with van der Waals surface area (Å²) >= 11 is 3.36. The number of hydrogen-bond donors (Lipinski definition) is 1. The molecular weight excluding hydrogens is 284 g/mol. The molecule has 94 valence electrons. The average molecular weight is 301 g/mol. The fourth-order valence-corrected chi connectivity index (χ4v) is 1.99. The lowest BCUT2D eigenvalue weighted by Gasteiger charge is -2.20. The van der Waals surface area contributed by atoms with Crippen LogP contribution in [0.3, 0.4) is 0 Å². The van der Waals surface area contributed by atoms with Gasteiger partial charge in [-0.25, -0.2) is 0 Å². The molecule has 0 unspecified atom stereocenters. The maximum absolute atomic E-state index is 10.6. The van der Waals surface area contributed by atoms with Crippen LogP contribution in [0.5, 0.6) is 0 Å². The van der Waals surface area contributed by atoms with Crippen molar-refractivity contribution < 1.29 is 4.92 Å². The van der Waals surface area contributed by atoms with Crippen LogP contribution in [0.15, 0.2) is 22.7 Å². The van der Waals surface area contributed by atoms with E-state index in [4.69, 9.17) is 0 Å². The number of nitrogens with one attached hydrogen (secondary N) is 1. The third-order valence-electron chi connectivity index (χ3n) is 2.30. The van der Waals surface area contributed by atoms with E-state index in [-0.39, 0.29) is 16.1 Å². The highest BCUT2D eigenvalue weighted by molar-refractivity contribution is 9.10. The summed E-state index contributed by atoms with van der Waals surface area (Å²) in [6.45, 7) is 7.17. The zero-order valence-corrected chi connectivity index (χ0v) is 11.9. The van der Waals surface area contributed by atoms with Gasteiger partial charge in [0.2, 0.25) is 0 Å². The molecule has 0 aliphatic heterocycles. The van der Waals surface area contributed by atoms with E-state index in [1.807, 2.05) is 0 Å². The summed E-state index contributed by atoms with van der Waals surface area (Å²) in [5.41, 5.74) is 1.28. The largest absolute Gasteiger partial charge is 0.312 e. The Morgan fingerprint density at radius 2 is 2.06 bits per heavy atom. The predicted octanol–water partition coefficient (Wildman–Crippen LogP) is 3.29. The highest BCUT2D eigenvalue weighted by atomic mass is 79.9. The zero-order chi connectivity index (χ0) is 13.1. The summed E-state index contributed by atoms with van der Waals surface area (Å²) in [5.74, 6) is 0. The number of non-ortho nitro benzene ring substituents is 1. The smallest absolute Gasteiger partial charge is 0.270 e. The first-order valence-corrected chi connectivity index (χ1v) is 6.27. The normalized spacial score (nSPS) is 11.5. The van der Waals surface area contributed by atoms with Crippen molar-refractivity contribution in [1.29, 1.82) is 0 Å². The van der Waals surface area contributed by atoms with Crippen molar-refractivity contribution in [2.45, 2.75) is 32.7 Å². The Balaban J connectivity index is 2.64. The van der Waals surface area contributed by atoms with Gasteiger partial charge in [-0.15, -0.1) is 0 Å². The van der Waals surface area contributed by atoms with E-state index < -0.39 is 0 Å². The van der Waals surface area contributed by atoms with Gasteiger partial charge in [0.05, 0.1) is 4.92 Å². The Morgan fingerprint density at radius 3 is 2.53 bits per heavy atom. The van der Waals surface area contributed by atoms with Gasteiger partial charge >= 0.3 is 0 Å². The minimum absolute atomic E-state index is 0.0905. The van der Waals surface area contributed by atoms with Gasteiger partial charge in [0.15, 0.2) is 0 Å². The summed E-state index contributed by atoms with van der Waals surface area (Å²) < 4.78 is 0.794. The van der Waals surface area contributed by atoms with Crippen LogP contribution in [0.25, 0.3) is 0 Å². The Morgan fingerprint density at radius 1 is 1.41 bits per heavy atom. The van der Waals surface area contributed by atoms with Gasteiger partial charge in [-0.3, -0.25) is 10.1 Å². The Bertz CT molecular complexity index is 413. The quantitative estimate of drug-likeness (QED) is 0.686. The second-order valence-electron chi connectivity index (χ2n) is 4.96. The van der Waals surface area contributed by atoms with Gasteiger partial charge in [0, 0.05) is 22.1 Å². The monoisotopic (exact) mass is 300 g/mol. The van der Waals surface area contributed by atoms with Crippen molar-refractivity contribution in [3.8, 4) is 0 Å². The van der Waals surface area contributed by atoms with Crippen molar-refractivity contribution in [3.05, 3.63) is 38.3 Å². The van der Waals surface area contributed by atoms with E-state index in [2.05, 4.69) is 42.0 Å². The van der Waals surface area contributed by atoms with Crippen molar-refractivity contribution >= 4 is 21.6 Å². The minimum Gasteiger partial charge on any atom is -0.312 e. The molecule has 0 saturated carbocycles. The molecule has 0 fully saturated rings. The maximum atomic E-state index is 10.6. The highest BCUT2D eigenvalue weighted by Gasteiger charge is 2.11. The Kier molecular flexibility index (Phi) is 4.65. The summed E-state index contributed by atoms with van der Waals surface area (Å²) in [7, 11) is 0. The van der Waals surface area contributed by atoms with Crippen LogP contribution in [0, 0.1) is 10.1 Å². The summed E-state index contributed by atoms with van der Waals surface area (Å²) in [5, 5.41) is 14.0. The van der Waals surface area contributed by atoms with Crippen LogP contribution in [0.4, 0.5) is 5.69 Å². The molecule has 0 radical (unpaired) electrons. The van der Waals surface area contributed by atoms with E-state index in [1.54, 1.807) is 12.1 Å². The number of nitro groups is 1. The first-order chi connectivity index (χ1) is 7.79. The van der Waals surface area contributed by atoms with Crippen LogP contribution in [-0.2, 0) is 6.42 Å². The lowest BCUT2D eigenvalue weighted by atomic mass is 10.1. The van der Waals surface area contributed by atoms with E-state index in [0.717, 1.165) is 23.0 Å². The van der Waals surface area contributed by atoms with E-state index in [9.17, 15) is 10.1 Å². The number of nitrogens with zero attached hydrogens (tertiary/aromatic N) is 1. The fourth-order valence-electron chi connectivity index (χ4n) is 1.42. The molecule has 0 heterocycles. The van der Waals surface area contributed by atoms with Crippen LogP contribution >= 0.6 is 15.9 Å². The molecule has 1 aromatic rings. The van der Waals surface area contributed by atoms with E-state index >= 15 is 0 Å². The average Bonchev–Trinajstić information content (AvgIpc) is 2.18. The second kappa shape index (κ2) is 5.60. The summed E-state index contributed by atoms with van der Waals surface area (Å²) in [6, 6.07) is 4.89. The van der Waals surface area contributed by atoms with Crippen LogP contribution in [-0.4, -0.2) is 17.0 Å². The summed E-state index contributed by atoms with van der Waals surface area (Å²) in [6.07, 6.45) is 0.843. The molecular formula is C12H17BrN2O2. The zero-order valence-electron chi connectivity index (χ0n) is 10.3. The molecule has 5 heteroatoms. The van der Waals surface area contributed by atoms with E-state index in [0.29, 0.717) is 0 Å². The third-order valence-corrected chi connectivity index (χ3v) is 3.04. The van der Waals surface area contributed by atoms with Gasteiger partial charge in [0.25, 0.3) is 5.69 Å². The molecule has 0 spiro atoms. The molecule has 1 rings (SSSR count). The number of benzene rings is 1. The molecule has 0 aromatic heterocycles. The number of rotatable bonds is 4.